The van der Waals surface area contributed by atoms with Crippen LogP contribution in [0.5, 0.6) is 0 Å². The number of anilines is 3. The molecule has 0 fully saturated rings. The molecule has 96 valence electrons. The van der Waals surface area contributed by atoms with Gasteiger partial charge in [0.05, 0.1) is 29.2 Å². The summed E-state index contributed by atoms with van der Waals surface area (Å²) >= 11 is 0. The van der Waals surface area contributed by atoms with Crippen molar-refractivity contribution in [3.63, 3.8) is 0 Å². The molecule has 0 atom stereocenters. The average Bonchev–Trinajstić information content (AvgIpc) is 2.75. The first-order valence-corrected chi connectivity index (χ1v) is 6.04. The van der Waals surface area contributed by atoms with Crippen molar-refractivity contribution in [2.24, 2.45) is 7.05 Å². The number of pyridine rings is 1. The van der Waals surface area contributed by atoms with Gasteiger partial charge in [0.15, 0.2) is 0 Å². The molecule has 0 aliphatic heterocycles. The summed E-state index contributed by atoms with van der Waals surface area (Å²) in [4.78, 5) is 8.59. The van der Waals surface area contributed by atoms with Crippen LogP contribution in [0.1, 0.15) is 5.56 Å². The third-order valence-electron chi connectivity index (χ3n) is 3.15. The molecule has 0 spiro atoms. The van der Waals surface area contributed by atoms with Crippen LogP contribution in [-0.4, -0.2) is 14.5 Å². The summed E-state index contributed by atoms with van der Waals surface area (Å²) in [6, 6.07) is 7.98. The van der Waals surface area contributed by atoms with E-state index in [0.717, 1.165) is 28.1 Å². The van der Waals surface area contributed by atoms with Crippen molar-refractivity contribution in [2.75, 3.05) is 11.1 Å². The molecule has 0 radical (unpaired) electrons. The second-order valence-corrected chi connectivity index (χ2v) is 4.61. The predicted octanol–water partition coefficient (Wildman–Crippen LogP) is 2.60. The maximum atomic E-state index is 5.76. The Hall–Kier alpha value is -2.56. The van der Waals surface area contributed by atoms with Crippen molar-refractivity contribution >= 4 is 28.2 Å². The Bertz CT molecular complexity index is 745. The molecule has 3 aromatic rings. The number of hydrogen-bond donors (Lipinski definition) is 2. The molecule has 5 heteroatoms. The summed E-state index contributed by atoms with van der Waals surface area (Å²) in [7, 11) is 1.98. The number of nitrogens with zero attached hydrogens (tertiary/aromatic N) is 3. The van der Waals surface area contributed by atoms with E-state index >= 15 is 0 Å². The molecule has 3 rings (SSSR count). The van der Waals surface area contributed by atoms with Gasteiger partial charge < -0.3 is 15.6 Å². The van der Waals surface area contributed by atoms with Gasteiger partial charge in [-0.3, -0.25) is 0 Å². The minimum Gasteiger partial charge on any atom is -0.397 e. The maximum absolute atomic E-state index is 5.76. The minimum absolute atomic E-state index is 0.700. The summed E-state index contributed by atoms with van der Waals surface area (Å²) in [6.07, 6.45) is 3.47. The molecule has 0 unspecified atom stereocenters. The maximum Gasteiger partial charge on any atom is 0.130 e. The Morgan fingerprint density at radius 3 is 2.84 bits per heavy atom. The zero-order valence-corrected chi connectivity index (χ0v) is 10.9. The average molecular weight is 253 g/mol. The zero-order chi connectivity index (χ0) is 13.4. The van der Waals surface area contributed by atoms with Gasteiger partial charge in [-0.05, 0) is 36.8 Å². The molecule has 0 saturated carbocycles. The van der Waals surface area contributed by atoms with Crippen molar-refractivity contribution in [1.82, 2.24) is 14.5 Å². The molecule has 0 saturated heterocycles. The lowest BCUT2D eigenvalue weighted by Gasteiger charge is -2.07. The molecule has 0 amide bonds. The van der Waals surface area contributed by atoms with Gasteiger partial charge in [-0.2, -0.15) is 0 Å². The van der Waals surface area contributed by atoms with E-state index in [0.29, 0.717) is 5.69 Å². The van der Waals surface area contributed by atoms with Crippen LogP contribution in [0.4, 0.5) is 17.2 Å². The van der Waals surface area contributed by atoms with Gasteiger partial charge in [0.25, 0.3) is 0 Å². The second kappa shape index (κ2) is 4.28. The highest BCUT2D eigenvalue weighted by Gasteiger charge is 2.03. The Balaban J connectivity index is 1.94. The first-order chi connectivity index (χ1) is 9.13. The summed E-state index contributed by atoms with van der Waals surface area (Å²) in [5.74, 6) is 0.780. The van der Waals surface area contributed by atoms with Crippen LogP contribution in [0, 0.1) is 6.92 Å². The number of imidazole rings is 1. The van der Waals surface area contributed by atoms with Crippen molar-refractivity contribution in [2.45, 2.75) is 6.92 Å². The Morgan fingerprint density at radius 2 is 2.05 bits per heavy atom. The van der Waals surface area contributed by atoms with E-state index in [-0.39, 0.29) is 0 Å². The highest BCUT2D eigenvalue weighted by molar-refractivity contribution is 5.80. The monoisotopic (exact) mass is 253 g/mol. The molecule has 0 aliphatic rings. The molecule has 0 aliphatic carbocycles. The first-order valence-electron chi connectivity index (χ1n) is 6.04. The van der Waals surface area contributed by atoms with E-state index in [1.807, 2.05) is 42.8 Å². The highest BCUT2D eigenvalue weighted by Crippen LogP contribution is 2.21. The summed E-state index contributed by atoms with van der Waals surface area (Å²) < 4.78 is 1.99. The van der Waals surface area contributed by atoms with E-state index in [1.54, 1.807) is 12.5 Å². The van der Waals surface area contributed by atoms with E-state index in [2.05, 4.69) is 15.3 Å². The standard InChI is InChI=1S/C14H15N5/c1-9-5-14(16-7-11(9)15)18-10-3-4-13-12(6-10)17-8-19(13)2/h3-8H,15H2,1-2H3,(H,16,18). The third kappa shape index (κ3) is 2.10. The number of nitrogen functional groups attached to an aromatic ring is 1. The van der Waals surface area contributed by atoms with Crippen LogP contribution in [0.3, 0.4) is 0 Å². The van der Waals surface area contributed by atoms with Crippen molar-refractivity contribution in [3.8, 4) is 0 Å². The van der Waals surface area contributed by atoms with Crippen LogP contribution in [0.25, 0.3) is 11.0 Å². The molecular weight excluding hydrogens is 238 g/mol. The fourth-order valence-electron chi connectivity index (χ4n) is 2.00. The number of aryl methyl sites for hydroxylation is 2. The predicted molar refractivity (Wildman–Crippen MR) is 77.4 cm³/mol. The van der Waals surface area contributed by atoms with Gasteiger partial charge in [0, 0.05) is 12.7 Å². The lowest BCUT2D eigenvalue weighted by atomic mass is 10.2. The van der Waals surface area contributed by atoms with Crippen LogP contribution >= 0.6 is 0 Å². The molecule has 0 bridgehead atoms. The molecule has 19 heavy (non-hydrogen) atoms. The molecule has 1 aromatic carbocycles. The lowest BCUT2D eigenvalue weighted by molar-refractivity contribution is 0.948. The number of fused-ring (bicyclic) bond motifs is 1. The quantitative estimate of drug-likeness (QED) is 0.736. The second-order valence-electron chi connectivity index (χ2n) is 4.61. The number of benzene rings is 1. The number of aromatic nitrogens is 3. The largest absolute Gasteiger partial charge is 0.397 e. The van der Waals surface area contributed by atoms with Gasteiger partial charge in [-0.25, -0.2) is 9.97 Å². The van der Waals surface area contributed by atoms with Crippen LogP contribution in [0.2, 0.25) is 0 Å². The minimum atomic E-state index is 0.700. The highest BCUT2D eigenvalue weighted by atomic mass is 15.0. The number of hydrogen-bond acceptors (Lipinski definition) is 4. The van der Waals surface area contributed by atoms with Crippen LogP contribution in [-0.2, 0) is 7.05 Å². The first kappa shape index (κ1) is 11.5. The third-order valence-corrected chi connectivity index (χ3v) is 3.15. The summed E-state index contributed by atoms with van der Waals surface area (Å²) in [6.45, 7) is 1.96. The molecule has 2 aromatic heterocycles. The van der Waals surface area contributed by atoms with E-state index < -0.39 is 0 Å². The fraction of sp³-hybridized carbons (Fsp3) is 0.143. The number of nitrogens with two attached hydrogens (primary N) is 1. The Morgan fingerprint density at radius 1 is 1.21 bits per heavy atom. The fourth-order valence-corrected chi connectivity index (χ4v) is 2.00. The van der Waals surface area contributed by atoms with Crippen molar-refractivity contribution in [1.29, 1.82) is 0 Å². The van der Waals surface area contributed by atoms with E-state index in [4.69, 9.17) is 5.73 Å². The summed E-state index contributed by atoms with van der Waals surface area (Å²) in [5.41, 5.74) is 10.5. The van der Waals surface area contributed by atoms with E-state index in [1.165, 1.54) is 0 Å². The van der Waals surface area contributed by atoms with Gasteiger partial charge in [0.2, 0.25) is 0 Å². The van der Waals surface area contributed by atoms with Gasteiger partial charge in [-0.15, -0.1) is 0 Å². The van der Waals surface area contributed by atoms with Gasteiger partial charge in [-0.1, -0.05) is 0 Å². The molecular formula is C14H15N5. The molecule has 5 nitrogen and oxygen atoms in total. The summed E-state index contributed by atoms with van der Waals surface area (Å²) in [5, 5.41) is 3.26. The number of nitrogens with one attached hydrogen (secondary N) is 1. The van der Waals surface area contributed by atoms with Crippen LogP contribution < -0.4 is 11.1 Å². The molecule has 2 heterocycles. The smallest absolute Gasteiger partial charge is 0.130 e. The Labute approximate surface area is 111 Å². The lowest BCUT2D eigenvalue weighted by Crippen LogP contribution is -1.97. The van der Waals surface area contributed by atoms with Gasteiger partial charge >= 0.3 is 0 Å². The van der Waals surface area contributed by atoms with Gasteiger partial charge in [0.1, 0.15) is 5.82 Å². The number of rotatable bonds is 2. The normalized spacial score (nSPS) is 10.8. The topological polar surface area (TPSA) is 68.8 Å². The zero-order valence-electron chi connectivity index (χ0n) is 10.9. The SMILES string of the molecule is Cc1cc(Nc2ccc3c(c2)ncn3C)ncc1N. The van der Waals surface area contributed by atoms with E-state index in [9.17, 15) is 0 Å². The van der Waals surface area contributed by atoms with Crippen molar-refractivity contribution in [3.05, 3.63) is 42.4 Å². The van der Waals surface area contributed by atoms with Crippen LogP contribution in [0.15, 0.2) is 36.8 Å². The molecule has 3 N–H and O–H groups in total. The van der Waals surface area contributed by atoms with Crippen molar-refractivity contribution < 1.29 is 0 Å². The Kier molecular flexibility index (Phi) is 2.59.